The van der Waals surface area contributed by atoms with Crippen LogP contribution in [-0.4, -0.2) is 12.1 Å². The van der Waals surface area contributed by atoms with Crippen molar-refractivity contribution in [1.82, 2.24) is 0 Å². The van der Waals surface area contributed by atoms with Gasteiger partial charge in [0.2, 0.25) is 5.91 Å². The van der Waals surface area contributed by atoms with Crippen LogP contribution in [0.15, 0.2) is 0 Å². The van der Waals surface area contributed by atoms with E-state index in [2.05, 4.69) is 0 Å². The van der Waals surface area contributed by atoms with Crippen molar-refractivity contribution in [2.45, 2.75) is 19.0 Å². The summed E-state index contributed by atoms with van der Waals surface area (Å²) in [6.45, 7) is 0. The molecule has 1 rings (SSSR count). The molecule has 0 aromatic rings. The molecule has 2 nitrogen and oxygen atoms in total. The normalized spacial score (nSPS) is 36.1. The van der Waals surface area contributed by atoms with Crippen molar-refractivity contribution in [3.8, 4) is 0 Å². The molecule has 1 aliphatic rings. The van der Waals surface area contributed by atoms with Crippen molar-refractivity contribution in [3.05, 3.63) is 0 Å². The van der Waals surface area contributed by atoms with E-state index in [0.29, 0.717) is 12.8 Å². The lowest BCUT2D eigenvalue weighted by Gasteiger charge is -2.25. The third kappa shape index (κ3) is 0.804. The molecule has 1 fully saturated rings. The largest absolute Gasteiger partial charge is 0.369 e. The van der Waals surface area contributed by atoms with E-state index in [0.717, 1.165) is 0 Å². The van der Waals surface area contributed by atoms with Gasteiger partial charge in [0.25, 0.3) is 0 Å². The maximum Gasteiger partial charge on any atom is 0.220 e. The molecule has 0 aromatic heterocycles. The van der Waals surface area contributed by atoms with E-state index in [4.69, 9.17) is 5.73 Å². The van der Waals surface area contributed by atoms with Gasteiger partial charge in [-0.2, -0.15) is 0 Å². The Morgan fingerprint density at radius 2 is 2.12 bits per heavy atom. The summed E-state index contributed by atoms with van der Waals surface area (Å²) in [5.74, 6) is -0.538. The van der Waals surface area contributed by atoms with Crippen LogP contribution in [0.5, 0.6) is 0 Å². The van der Waals surface area contributed by atoms with Gasteiger partial charge >= 0.3 is 0 Å². The van der Waals surface area contributed by atoms with E-state index in [9.17, 15) is 9.18 Å². The molecule has 1 aliphatic carbocycles. The van der Waals surface area contributed by atoms with Gasteiger partial charge in [0.1, 0.15) is 6.17 Å². The second-order valence-corrected chi connectivity index (χ2v) is 2.17. The van der Waals surface area contributed by atoms with Crippen LogP contribution in [-0.2, 0) is 4.79 Å². The molecule has 0 spiro atoms. The first-order chi connectivity index (χ1) is 3.70. The molecule has 0 heterocycles. The average Bonchev–Trinajstić information content (AvgIpc) is 1.57. The lowest BCUT2D eigenvalue weighted by atomic mass is 9.83. The van der Waals surface area contributed by atoms with Crippen molar-refractivity contribution in [2.24, 2.45) is 11.7 Å². The molecule has 0 aromatic carbocycles. The van der Waals surface area contributed by atoms with E-state index < -0.39 is 6.17 Å². The highest BCUT2D eigenvalue weighted by Crippen LogP contribution is 2.29. The minimum atomic E-state index is -0.771. The van der Waals surface area contributed by atoms with Crippen LogP contribution in [0.1, 0.15) is 12.8 Å². The van der Waals surface area contributed by atoms with E-state index in [1.54, 1.807) is 0 Å². The summed E-state index contributed by atoms with van der Waals surface area (Å²) in [4.78, 5) is 10.2. The molecule has 46 valence electrons. The number of carbonyl (C=O) groups is 1. The monoisotopic (exact) mass is 117 g/mol. The van der Waals surface area contributed by atoms with Crippen molar-refractivity contribution in [2.75, 3.05) is 0 Å². The van der Waals surface area contributed by atoms with Gasteiger partial charge < -0.3 is 5.73 Å². The Bertz CT molecular complexity index is 109. The standard InChI is InChI=1S/C5H8FNO/c6-4-1-3(2-4)5(7)8/h3-4H,1-2H2,(H2,7,8). The number of hydrogen-bond acceptors (Lipinski definition) is 1. The second-order valence-electron chi connectivity index (χ2n) is 2.17. The number of carbonyl (C=O) groups excluding carboxylic acids is 1. The van der Waals surface area contributed by atoms with E-state index in [1.807, 2.05) is 0 Å². The summed E-state index contributed by atoms with van der Waals surface area (Å²) in [6, 6.07) is 0. The number of alkyl halides is 1. The Hall–Kier alpha value is -0.600. The van der Waals surface area contributed by atoms with Gasteiger partial charge in [-0.05, 0) is 12.8 Å². The first-order valence-corrected chi connectivity index (χ1v) is 2.63. The van der Waals surface area contributed by atoms with Crippen LogP contribution in [0.4, 0.5) is 4.39 Å². The van der Waals surface area contributed by atoms with Crippen molar-refractivity contribution < 1.29 is 9.18 Å². The zero-order chi connectivity index (χ0) is 6.15. The molecular weight excluding hydrogens is 109 g/mol. The fourth-order valence-corrected chi connectivity index (χ4v) is 0.781. The molecular formula is C5H8FNO. The predicted molar refractivity (Wildman–Crippen MR) is 26.8 cm³/mol. The summed E-state index contributed by atoms with van der Waals surface area (Å²) in [6.07, 6.45) is -0.0856. The Balaban J connectivity index is 2.25. The number of hydrogen-bond donors (Lipinski definition) is 1. The lowest BCUT2D eigenvalue weighted by molar-refractivity contribution is -0.126. The van der Waals surface area contributed by atoms with E-state index >= 15 is 0 Å². The Morgan fingerprint density at radius 3 is 2.25 bits per heavy atom. The fourth-order valence-electron chi connectivity index (χ4n) is 0.781. The molecule has 0 radical (unpaired) electrons. The number of primary amides is 1. The lowest BCUT2D eigenvalue weighted by Crippen LogP contribution is -2.35. The zero-order valence-corrected chi connectivity index (χ0v) is 4.43. The van der Waals surface area contributed by atoms with Gasteiger partial charge in [-0.15, -0.1) is 0 Å². The molecule has 0 aliphatic heterocycles. The number of halogens is 1. The Morgan fingerprint density at radius 1 is 1.62 bits per heavy atom. The Labute approximate surface area is 46.9 Å². The van der Waals surface area contributed by atoms with Gasteiger partial charge in [0.05, 0.1) is 0 Å². The molecule has 1 amide bonds. The second kappa shape index (κ2) is 1.73. The molecule has 0 saturated heterocycles. The fraction of sp³-hybridized carbons (Fsp3) is 0.800. The summed E-state index contributed by atoms with van der Waals surface area (Å²) in [5.41, 5.74) is 4.85. The van der Waals surface area contributed by atoms with Crippen LogP contribution >= 0.6 is 0 Å². The quantitative estimate of drug-likeness (QED) is 0.524. The highest BCUT2D eigenvalue weighted by Gasteiger charge is 2.32. The Kier molecular flexibility index (Phi) is 1.19. The van der Waals surface area contributed by atoms with E-state index in [1.165, 1.54) is 0 Å². The van der Waals surface area contributed by atoms with Crippen molar-refractivity contribution >= 4 is 5.91 Å². The van der Waals surface area contributed by atoms with Gasteiger partial charge in [-0.25, -0.2) is 4.39 Å². The summed E-state index contributed by atoms with van der Waals surface area (Å²) in [5, 5.41) is 0. The molecule has 1 saturated carbocycles. The van der Waals surface area contributed by atoms with Crippen LogP contribution in [0.2, 0.25) is 0 Å². The zero-order valence-electron chi connectivity index (χ0n) is 4.43. The molecule has 0 unspecified atom stereocenters. The highest BCUT2D eigenvalue weighted by atomic mass is 19.1. The van der Waals surface area contributed by atoms with Crippen molar-refractivity contribution in [3.63, 3.8) is 0 Å². The number of rotatable bonds is 1. The minimum absolute atomic E-state index is 0.176. The van der Waals surface area contributed by atoms with Crippen LogP contribution in [0, 0.1) is 5.92 Å². The summed E-state index contributed by atoms with van der Waals surface area (Å²) >= 11 is 0. The molecule has 0 atom stereocenters. The summed E-state index contributed by atoms with van der Waals surface area (Å²) < 4.78 is 11.9. The van der Waals surface area contributed by atoms with Gasteiger partial charge in [-0.1, -0.05) is 0 Å². The van der Waals surface area contributed by atoms with Crippen LogP contribution < -0.4 is 5.73 Å². The topological polar surface area (TPSA) is 43.1 Å². The first-order valence-electron chi connectivity index (χ1n) is 2.63. The molecule has 2 N–H and O–H groups in total. The smallest absolute Gasteiger partial charge is 0.220 e. The number of nitrogens with two attached hydrogens (primary N) is 1. The highest BCUT2D eigenvalue weighted by molar-refractivity contribution is 5.77. The van der Waals surface area contributed by atoms with E-state index in [-0.39, 0.29) is 11.8 Å². The maximum atomic E-state index is 11.9. The SMILES string of the molecule is NC(=O)C1CC(F)C1. The van der Waals surface area contributed by atoms with Crippen LogP contribution in [0.25, 0.3) is 0 Å². The minimum Gasteiger partial charge on any atom is -0.369 e. The number of amides is 1. The average molecular weight is 117 g/mol. The van der Waals surface area contributed by atoms with Crippen LogP contribution in [0.3, 0.4) is 0 Å². The van der Waals surface area contributed by atoms with Crippen molar-refractivity contribution in [1.29, 1.82) is 0 Å². The molecule has 8 heavy (non-hydrogen) atoms. The predicted octanol–water partition coefficient (Wildman–Crippen LogP) is 0.220. The third-order valence-electron chi connectivity index (χ3n) is 1.48. The maximum absolute atomic E-state index is 11.9. The molecule has 0 bridgehead atoms. The third-order valence-corrected chi connectivity index (χ3v) is 1.48. The summed E-state index contributed by atoms with van der Waals surface area (Å²) in [7, 11) is 0. The van der Waals surface area contributed by atoms with Gasteiger partial charge in [0.15, 0.2) is 0 Å². The molecule has 3 heteroatoms. The van der Waals surface area contributed by atoms with Gasteiger partial charge in [0, 0.05) is 5.92 Å². The van der Waals surface area contributed by atoms with Gasteiger partial charge in [-0.3, -0.25) is 4.79 Å². The first kappa shape index (κ1) is 5.54.